The van der Waals surface area contributed by atoms with Gasteiger partial charge in [-0.2, -0.15) is 5.26 Å². The van der Waals surface area contributed by atoms with E-state index in [0.29, 0.717) is 26.0 Å². The molecule has 1 aromatic carbocycles. The Labute approximate surface area is 125 Å². The second kappa shape index (κ2) is 5.77. The lowest BCUT2D eigenvalue weighted by Gasteiger charge is -2.34. The van der Waals surface area contributed by atoms with E-state index in [4.69, 9.17) is 4.74 Å². The average Bonchev–Trinajstić information content (AvgIpc) is 2.77. The summed E-state index contributed by atoms with van der Waals surface area (Å²) in [7, 11) is 0. The Morgan fingerprint density at radius 3 is 2.71 bits per heavy atom. The van der Waals surface area contributed by atoms with Crippen LogP contribution in [0, 0.1) is 16.7 Å². The molecule has 0 atom stereocenters. The SMILES string of the molecule is N#CC1(C(=O)N2CCCOc3ccccc32)CCCCC1. The van der Waals surface area contributed by atoms with Gasteiger partial charge in [0.05, 0.1) is 18.4 Å². The number of carbonyl (C=O) groups excluding carboxylic acids is 1. The molecule has 3 rings (SSSR count). The summed E-state index contributed by atoms with van der Waals surface area (Å²) in [6.07, 6.45) is 5.21. The van der Waals surface area contributed by atoms with Crippen LogP contribution in [0.25, 0.3) is 0 Å². The van der Waals surface area contributed by atoms with Crippen molar-refractivity contribution in [2.75, 3.05) is 18.1 Å². The van der Waals surface area contributed by atoms with Crippen molar-refractivity contribution in [3.05, 3.63) is 24.3 Å². The van der Waals surface area contributed by atoms with E-state index < -0.39 is 5.41 Å². The van der Waals surface area contributed by atoms with Crippen LogP contribution in [0.15, 0.2) is 24.3 Å². The van der Waals surface area contributed by atoms with Gasteiger partial charge >= 0.3 is 0 Å². The highest BCUT2D eigenvalue weighted by Crippen LogP contribution is 2.40. The fourth-order valence-electron chi connectivity index (χ4n) is 3.33. The minimum Gasteiger partial charge on any atom is -0.491 e. The van der Waals surface area contributed by atoms with Crippen molar-refractivity contribution in [1.29, 1.82) is 5.26 Å². The molecule has 0 spiro atoms. The van der Waals surface area contributed by atoms with Crippen LogP contribution in [0.1, 0.15) is 38.5 Å². The van der Waals surface area contributed by atoms with Crippen molar-refractivity contribution in [1.82, 2.24) is 0 Å². The summed E-state index contributed by atoms with van der Waals surface area (Å²) < 4.78 is 5.71. The Morgan fingerprint density at radius 2 is 1.95 bits per heavy atom. The zero-order valence-corrected chi connectivity index (χ0v) is 12.2. The van der Waals surface area contributed by atoms with E-state index >= 15 is 0 Å². The van der Waals surface area contributed by atoms with Crippen molar-refractivity contribution in [3.8, 4) is 11.8 Å². The molecule has 1 heterocycles. The lowest BCUT2D eigenvalue weighted by Crippen LogP contribution is -2.45. The van der Waals surface area contributed by atoms with Crippen LogP contribution in [0.5, 0.6) is 5.75 Å². The molecule has 0 aromatic heterocycles. The van der Waals surface area contributed by atoms with Crippen molar-refractivity contribution in [2.45, 2.75) is 38.5 Å². The van der Waals surface area contributed by atoms with E-state index in [1.54, 1.807) is 4.90 Å². The maximum absolute atomic E-state index is 13.1. The molecule has 0 N–H and O–H groups in total. The number of ether oxygens (including phenoxy) is 1. The van der Waals surface area contributed by atoms with Crippen LogP contribution in [0.4, 0.5) is 5.69 Å². The fourth-order valence-corrected chi connectivity index (χ4v) is 3.33. The molecule has 1 fully saturated rings. The number of fused-ring (bicyclic) bond motifs is 1. The average molecular weight is 284 g/mol. The Morgan fingerprint density at radius 1 is 1.19 bits per heavy atom. The molecule has 4 nitrogen and oxygen atoms in total. The molecular formula is C17H20N2O2. The maximum Gasteiger partial charge on any atom is 0.247 e. The predicted octanol–water partition coefficient (Wildman–Crippen LogP) is 3.28. The van der Waals surface area contributed by atoms with E-state index in [-0.39, 0.29) is 5.91 Å². The molecular weight excluding hydrogens is 264 g/mol. The Hall–Kier alpha value is -2.02. The monoisotopic (exact) mass is 284 g/mol. The number of rotatable bonds is 1. The number of nitrogens with zero attached hydrogens (tertiary/aromatic N) is 2. The van der Waals surface area contributed by atoms with Crippen LogP contribution >= 0.6 is 0 Å². The van der Waals surface area contributed by atoms with Gasteiger partial charge < -0.3 is 9.64 Å². The first-order chi connectivity index (χ1) is 10.3. The predicted molar refractivity (Wildman–Crippen MR) is 80.0 cm³/mol. The summed E-state index contributed by atoms with van der Waals surface area (Å²) in [6.45, 7) is 1.24. The molecule has 1 aliphatic carbocycles. The van der Waals surface area contributed by atoms with Crippen LogP contribution < -0.4 is 9.64 Å². The van der Waals surface area contributed by atoms with Crippen LogP contribution in [-0.4, -0.2) is 19.1 Å². The molecule has 1 aliphatic heterocycles. The van der Waals surface area contributed by atoms with Gasteiger partial charge in [-0.05, 0) is 31.4 Å². The van der Waals surface area contributed by atoms with Crippen LogP contribution in [-0.2, 0) is 4.79 Å². The summed E-state index contributed by atoms with van der Waals surface area (Å²) in [6, 6.07) is 9.95. The summed E-state index contributed by atoms with van der Waals surface area (Å²) in [5, 5.41) is 9.63. The van der Waals surface area contributed by atoms with Gasteiger partial charge in [-0.1, -0.05) is 31.4 Å². The van der Waals surface area contributed by atoms with E-state index in [0.717, 1.165) is 37.1 Å². The van der Waals surface area contributed by atoms with Gasteiger partial charge in [0.25, 0.3) is 0 Å². The molecule has 0 radical (unpaired) electrons. The molecule has 0 bridgehead atoms. The second-order valence-electron chi connectivity index (χ2n) is 5.88. The summed E-state index contributed by atoms with van der Waals surface area (Å²) in [4.78, 5) is 14.8. The van der Waals surface area contributed by atoms with Gasteiger partial charge in [0.1, 0.15) is 11.2 Å². The summed E-state index contributed by atoms with van der Waals surface area (Å²) in [5.41, 5.74) is -0.0319. The van der Waals surface area contributed by atoms with E-state index in [2.05, 4.69) is 6.07 Å². The Kier molecular flexibility index (Phi) is 3.83. The third-order valence-electron chi connectivity index (χ3n) is 4.52. The number of nitriles is 1. The molecule has 1 aromatic rings. The lowest BCUT2D eigenvalue weighted by atomic mass is 9.74. The minimum atomic E-state index is -0.838. The molecule has 1 amide bonds. The molecule has 1 saturated carbocycles. The van der Waals surface area contributed by atoms with Gasteiger partial charge in [-0.25, -0.2) is 0 Å². The van der Waals surface area contributed by atoms with E-state index in [1.165, 1.54) is 0 Å². The molecule has 0 unspecified atom stereocenters. The number of amides is 1. The zero-order valence-electron chi connectivity index (χ0n) is 12.2. The zero-order chi connectivity index (χ0) is 14.7. The first kappa shape index (κ1) is 13.9. The molecule has 110 valence electrons. The van der Waals surface area contributed by atoms with Gasteiger partial charge in [0.15, 0.2) is 0 Å². The van der Waals surface area contributed by atoms with E-state index in [9.17, 15) is 10.1 Å². The van der Waals surface area contributed by atoms with E-state index in [1.807, 2.05) is 24.3 Å². The standard InChI is InChI=1S/C17H20N2O2/c18-13-17(9-4-1-5-10-17)16(20)19-11-6-12-21-15-8-3-2-7-14(15)19/h2-3,7-8H,1,4-6,9-12H2. The van der Waals surface area contributed by atoms with Gasteiger partial charge in [0, 0.05) is 6.54 Å². The van der Waals surface area contributed by atoms with Gasteiger partial charge in [-0.3, -0.25) is 4.79 Å². The number of carbonyl (C=O) groups is 1. The first-order valence-electron chi connectivity index (χ1n) is 7.72. The van der Waals surface area contributed by atoms with Crippen LogP contribution in [0.3, 0.4) is 0 Å². The number of para-hydroxylation sites is 2. The number of hydrogen-bond acceptors (Lipinski definition) is 3. The van der Waals surface area contributed by atoms with Crippen molar-refractivity contribution in [2.24, 2.45) is 5.41 Å². The van der Waals surface area contributed by atoms with Gasteiger partial charge in [0.2, 0.25) is 5.91 Å². The highest BCUT2D eigenvalue weighted by Gasteiger charge is 2.43. The number of anilines is 1. The second-order valence-corrected chi connectivity index (χ2v) is 5.88. The highest BCUT2D eigenvalue weighted by atomic mass is 16.5. The summed E-state index contributed by atoms with van der Waals surface area (Å²) in [5.74, 6) is 0.704. The fraction of sp³-hybridized carbons (Fsp3) is 0.529. The number of hydrogen-bond donors (Lipinski definition) is 0. The lowest BCUT2D eigenvalue weighted by molar-refractivity contribution is -0.126. The van der Waals surface area contributed by atoms with Gasteiger partial charge in [-0.15, -0.1) is 0 Å². The third kappa shape index (κ3) is 2.49. The number of benzene rings is 1. The van der Waals surface area contributed by atoms with Crippen molar-refractivity contribution >= 4 is 11.6 Å². The molecule has 4 heteroatoms. The van der Waals surface area contributed by atoms with Crippen molar-refractivity contribution in [3.63, 3.8) is 0 Å². The Balaban J connectivity index is 1.95. The minimum absolute atomic E-state index is 0.0392. The summed E-state index contributed by atoms with van der Waals surface area (Å²) >= 11 is 0. The quantitative estimate of drug-likeness (QED) is 0.795. The normalized spacial score (nSPS) is 20.6. The topological polar surface area (TPSA) is 53.3 Å². The molecule has 2 aliphatic rings. The smallest absolute Gasteiger partial charge is 0.247 e. The molecule has 0 saturated heterocycles. The highest BCUT2D eigenvalue weighted by molar-refractivity contribution is 6.00. The van der Waals surface area contributed by atoms with Crippen molar-refractivity contribution < 1.29 is 9.53 Å². The Bertz CT molecular complexity index is 570. The largest absolute Gasteiger partial charge is 0.491 e. The van der Waals surface area contributed by atoms with Crippen LogP contribution in [0.2, 0.25) is 0 Å². The molecule has 21 heavy (non-hydrogen) atoms. The third-order valence-corrected chi connectivity index (χ3v) is 4.52. The maximum atomic E-state index is 13.1. The first-order valence-corrected chi connectivity index (χ1v) is 7.72.